The van der Waals surface area contributed by atoms with Crippen LogP contribution in [-0.2, 0) is 33.7 Å². The van der Waals surface area contributed by atoms with E-state index in [1.54, 1.807) is 0 Å². The van der Waals surface area contributed by atoms with Gasteiger partial charge >= 0.3 is 37.9 Å². The van der Waals surface area contributed by atoms with Crippen molar-refractivity contribution in [3.63, 3.8) is 0 Å². The Kier molecular flexibility index (Phi) is 14.0. The van der Waals surface area contributed by atoms with E-state index < -0.39 is 20.8 Å². The van der Waals surface area contributed by atoms with Gasteiger partial charge in [0.25, 0.3) is 0 Å². The molecule has 0 N–H and O–H groups in total. The van der Waals surface area contributed by atoms with Gasteiger partial charge in [-0.3, -0.25) is 0 Å². The second-order valence-electron chi connectivity index (χ2n) is 9.12. The minimum absolute atomic E-state index is 0.778. The van der Waals surface area contributed by atoms with Crippen LogP contribution in [0, 0.1) is 12.1 Å². The van der Waals surface area contributed by atoms with Gasteiger partial charge in [0, 0.05) is 9.52 Å². The van der Waals surface area contributed by atoms with Crippen LogP contribution >= 0.6 is 17.0 Å². The molecule has 0 bridgehead atoms. The molecule has 0 unspecified atom stereocenters. The fourth-order valence-corrected chi connectivity index (χ4v) is 5.47. The Balaban J connectivity index is 0.000000151. The number of fused-ring (bicyclic) bond motifs is 6. The number of rotatable bonds is 5. The van der Waals surface area contributed by atoms with Gasteiger partial charge < -0.3 is 0 Å². The zero-order valence-corrected chi connectivity index (χ0v) is 27.0. The molecule has 0 saturated carbocycles. The van der Waals surface area contributed by atoms with Crippen LogP contribution in [0.1, 0.15) is 54.9 Å². The largest absolute Gasteiger partial charge is 0.179 e. The first kappa shape index (κ1) is 30.1. The minimum Gasteiger partial charge on any atom is -0.179 e. The molecule has 6 rings (SSSR count). The van der Waals surface area contributed by atoms with Gasteiger partial charge in [0.1, 0.15) is 0 Å². The normalized spacial score (nSPS) is 11.0. The van der Waals surface area contributed by atoms with Gasteiger partial charge in [-0.2, -0.15) is 59.7 Å². The molecule has 4 aromatic carbocycles. The molecule has 189 valence electrons. The molecule has 2 aliphatic carbocycles. The van der Waals surface area contributed by atoms with Crippen LogP contribution in [0.25, 0.3) is 22.3 Å². The van der Waals surface area contributed by atoms with Gasteiger partial charge in [0.05, 0.1) is 0 Å². The van der Waals surface area contributed by atoms with Crippen molar-refractivity contribution < 1.29 is 20.8 Å². The van der Waals surface area contributed by atoms with Gasteiger partial charge in [-0.15, -0.1) is 11.1 Å². The van der Waals surface area contributed by atoms with E-state index in [-0.39, 0.29) is 0 Å². The fourth-order valence-electron chi connectivity index (χ4n) is 4.77. The maximum atomic E-state index is 4.93. The molecule has 2 aliphatic rings. The summed E-state index contributed by atoms with van der Waals surface area (Å²) >= 11 is -0.826. The maximum Gasteiger partial charge on any atom is -0.0253 e. The summed E-state index contributed by atoms with van der Waals surface area (Å²) in [5, 5.41) is 0. The molecule has 0 atom stereocenters. The van der Waals surface area contributed by atoms with Crippen LogP contribution in [0.4, 0.5) is 0 Å². The topological polar surface area (TPSA) is 0 Å². The molecule has 1 radical (unpaired) electrons. The molecule has 37 heavy (non-hydrogen) atoms. The smallest absolute Gasteiger partial charge is 0.0253 e. The number of hydrogen-bond acceptors (Lipinski definition) is 0. The van der Waals surface area contributed by atoms with Gasteiger partial charge in [-0.05, 0) is 12.8 Å². The summed E-state index contributed by atoms with van der Waals surface area (Å²) in [7, 11) is 10.6. The van der Waals surface area contributed by atoms with Crippen molar-refractivity contribution in [3.8, 4) is 22.3 Å². The monoisotopic (exact) mass is 619 g/mol. The van der Waals surface area contributed by atoms with E-state index in [2.05, 4.69) is 98.4 Å². The molecule has 0 amide bonds. The summed E-state index contributed by atoms with van der Waals surface area (Å²) < 4.78 is 0. The van der Waals surface area contributed by atoms with Gasteiger partial charge in [-0.1, -0.05) is 116 Å². The molecular weight excluding hydrogens is 587 g/mol. The Bertz CT molecular complexity index is 1040. The quantitative estimate of drug-likeness (QED) is 0.102. The fraction of sp³-hybridized carbons (Fsp3) is 0.273. The molecule has 0 aliphatic heterocycles. The Morgan fingerprint density at radius 1 is 0.676 bits per heavy atom. The van der Waals surface area contributed by atoms with Crippen molar-refractivity contribution in [2.75, 3.05) is 0 Å². The van der Waals surface area contributed by atoms with E-state index >= 15 is 0 Å². The van der Waals surface area contributed by atoms with Crippen molar-refractivity contribution in [2.45, 2.75) is 58.0 Å². The first-order valence-corrected chi connectivity index (χ1v) is 21.4. The summed E-state index contributed by atoms with van der Waals surface area (Å²) in [6, 6.07) is 37.7. The van der Waals surface area contributed by atoms with E-state index in [1.165, 1.54) is 76.2 Å². The van der Waals surface area contributed by atoms with Gasteiger partial charge in [-0.25, -0.2) is 0 Å². The molecule has 0 saturated heterocycles. The second kappa shape index (κ2) is 17.2. The van der Waals surface area contributed by atoms with Crippen LogP contribution in [-0.4, -0.2) is 9.52 Å². The number of halogens is 2. The van der Waals surface area contributed by atoms with E-state index in [9.17, 15) is 0 Å². The third-order valence-corrected chi connectivity index (χ3v) is 7.57. The second-order valence-corrected chi connectivity index (χ2v) is 14.2. The summed E-state index contributed by atoms with van der Waals surface area (Å²) in [6.45, 7) is 4.60. The summed E-state index contributed by atoms with van der Waals surface area (Å²) in [4.78, 5) is 0. The average Bonchev–Trinajstić information content (AvgIpc) is 3.51. The Morgan fingerprint density at radius 2 is 1.14 bits per heavy atom. The third-order valence-electron chi connectivity index (χ3n) is 6.58. The van der Waals surface area contributed by atoms with Crippen molar-refractivity contribution in [2.24, 2.45) is 0 Å². The van der Waals surface area contributed by atoms with E-state index in [4.69, 9.17) is 17.0 Å². The molecule has 0 spiro atoms. The van der Waals surface area contributed by atoms with E-state index in [0.717, 1.165) is 22.4 Å². The predicted octanol–water partition coefficient (Wildman–Crippen LogP) is 9.96. The number of benzene rings is 4. The third kappa shape index (κ3) is 9.07. The summed E-state index contributed by atoms with van der Waals surface area (Å²) in [5.74, 6) is 0. The van der Waals surface area contributed by atoms with Crippen molar-refractivity contribution >= 4 is 26.5 Å². The van der Waals surface area contributed by atoms with Crippen LogP contribution in [0.3, 0.4) is 0 Å². The molecular formula is C33H35Cl2SiZr. The van der Waals surface area contributed by atoms with Crippen molar-refractivity contribution in [3.05, 3.63) is 119 Å². The van der Waals surface area contributed by atoms with Crippen LogP contribution < -0.4 is 0 Å². The summed E-state index contributed by atoms with van der Waals surface area (Å²) in [6.07, 6.45) is 7.87. The Morgan fingerprint density at radius 3 is 1.59 bits per heavy atom. The standard InChI is InChI=1S/2C13H9.C7H17Si.2ClH.Zr/c2*1-3-7-12-10(5-1)9-11-6-2-4-8-13(11)12;1-3-4-5-6-7-8-2;;;/h2*1-5,7-8H,9H2;8H,3-7H2,1-2H3;2*1H;/q2*-1;;;;+4/p-2. The number of hydrogen-bond donors (Lipinski definition) is 0. The molecule has 4 aromatic rings. The van der Waals surface area contributed by atoms with E-state index in [0.29, 0.717) is 0 Å². The van der Waals surface area contributed by atoms with E-state index in [1.807, 2.05) is 12.1 Å². The molecule has 0 fully saturated rings. The SMILES string of the molecule is CCCCCC[SiH]C.[Cl][Zr+2][Cl].[c-]1cccc2c1Cc1ccccc1-2.[c-]1cccc2c1Cc1ccccc1-2. The van der Waals surface area contributed by atoms with Gasteiger partial charge in [0.2, 0.25) is 0 Å². The average molecular weight is 622 g/mol. The zero-order chi connectivity index (χ0) is 26.3. The van der Waals surface area contributed by atoms with Crippen molar-refractivity contribution in [1.82, 2.24) is 0 Å². The maximum absolute atomic E-state index is 4.93. The Hall–Kier alpha value is -1.44. The molecule has 0 aromatic heterocycles. The molecule has 4 heteroatoms. The number of unbranched alkanes of at least 4 members (excludes halogenated alkanes) is 3. The molecule has 0 nitrogen and oxygen atoms in total. The zero-order valence-electron chi connectivity index (χ0n) is 21.9. The Labute approximate surface area is 245 Å². The predicted molar refractivity (Wildman–Crippen MR) is 161 cm³/mol. The first-order chi connectivity index (χ1) is 18.2. The van der Waals surface area contributed by atoms with Crippen LogP contribution in [0.5, 0.6) is 0 Å². The minimum atomic E-state index is -0.826. The first-order valence-electron chi connectivity index (χ1n) is 13.1. The van der Waals surface area contributed by atoms with Crippen LogP contribution in [0.15, 0.2) is 84.9 Å². The molecule has 0 heterocycles. The van der Waals surface area contributed by atoms with Crippen LogP contribution in [0.2, 0.25) is 12.6 Å². The summed E-state index contributed by atoms with van der Waals surface area (Å²) in [5.41, 5.74) is 11.0. The van der Waals surface area contributed by atoms with Gasteiger partial charge in [0.15, 0.2) is 0 Å². The van der Waals surface area contributed by atoms with Crippen molar-refractivity contribution in [1.29, 1.82) is 0 Å².